The van der Waals surface area contributed by atoms with Crippen LogP contribution in [0.15, 0.2) is 30.3 Å². The van der Waals surface area contributed by atoms with Crippen LogP contribution >= 0.6 is 0 Å². The number of carbonyl (C=O) groups excluding carboxylic acids is 1. The minimum atomic E-state index is -0.547. The summed E-state index contributed by atoms with van der Waals surface area (Å²) in [5.74, 6) is 2.42. The van der Waals surface area contributed by atoms with Gasteiger partial charge in [0.25, 0.3) is 0 Å². The molecule has 8 rings (SSSR count). The van der Waals surface area contributed by atoms with Crippen molar-refractivity contribution in [3.8, 4) is 0 Å². The second-order valence-electron chi connectivity index (χ2n) is 17.6. The Kier molecular flexibility index (Phi) is 5.97. The van der Waals surface area contributed by atoms with Crippen LogP contribution in [0.5, 0.6) is 0 Å². The fourth-order valence-corrected chi connectivity index (χ4v) is 9.05. The SMILES string of the molecule is CC(C)(C)c1ccc2c(c1)c1cc(C(C)(C)C)cc(B3OC(C)(C)C(C)(C)O3)c1n2C(=O)C12CC3CC(CC(C3)C1)C2. The molecule has 4 nitrogen and oxygen atoms in total. The number of carbonyl (C=O) groups is 1. The van der Waals surface area contributed by atoms with Crippen LogP contribution in [0.4, 0.5) is 0 Å². The van der Waals surface area contributed by atoms with Gasteiger partial charge in [0, 0.05) is 16.2 Å². The van der Waals surface area contributed by atoms with Crippen LogP contribution in [0, 0.1) is 23.2 Å². The number of hydrogen-bond donors (Lipinski definition) is 0. The molecule has 0 atom stereocenters. The summed E-state index contributed by atoms with van der Waals surface area (Å²) < 4.78 is 15.6. The van der Waals surface area contributed by atoms with Crippen molar-refractivity contribution in [2.45, 2.75) is 130 Å². The monoisotopic (exact) mass is 567 g/mol. The van der Waals surface area contributed by atoms with Crippen molar-refractivity contribution in [3.05, 3.63) is 41.5 Å². The minimum Gasteiger partial charge on any atom is -0.399 e. The van der Waals surface area contributed by atoms with Crippen LogP contribution in [0.1, 0.15) is 124 Å². The van der Waals surface area contributed by atoms with E-state index in [-0.39, 0.29) is 16.2 Å². The van der Waals surface area contributed by atoms with Crippen LogP contribution < -0.4 is 5.46 Å². The van der Waals surface area contributed by atoms with Crippen LogP contribution in [-0.2, 0) is 20.1 Å². The normalized spacial score (nSPS) is 30.1. The highest BCUT2D eigenvalue weighted by Crippen LogP contribution is 2.61. The first-order chi connectivity index (χ1) is 19.4. The average Bonchev–Trinajstić information content (AvgIpc) is 3.30. The summed E-state index contributed by atoms with van der Waals surface area (Å²) in [4.78, 5) is 15.3. The fraction of sp³-hybridized carbons (Fsp3) is 0.649. The molecule has 4 saturated carbocycles. The van der Waals surface area contributed by atoms with Crippen molar-refractivity contribution in [2.24, 2.45) is 23.2 Å². The van der Waals surface area contributed by atoms with E-state index in [0.717, 1.165) is 41.1 Å². The molecular weight excluding hydrogens is 517 g/mol. The van der Waals surface area contributed by atoms with E-state index in [1.807, 2.05) is 0 Å². The Morgan fingerprint density at radius 3 is 1.76 bits per heavy atom. The third-order valence-electron chi connectivity index (χ3n) is 11.8. The number of rotatable bonds is 2. The molecule has 1 aromatic heterocycles. The second kappa shape index (κ2) is 8.75. The predicted molar refractivity (Wildman–Crippen MR) is 174 cm³/mol. The van der Waals surface area contributed by atoms with E-state index >= 15 is 4.79 Å². The molecule has 3 aromatic rings. The Balaban J connectivity index is 1.54. The second-order valence-corrected chi connectivity index (χ2v) is 17.6. The highest BCUT2D eigenvalue weighted by atomic mass is 16.7. The molecule has 0 N–H and O–H groups in total. The van der Waals surface area contributed by atoms with E-state index in [2.05, 4.69) is 104 Å². The van der Waals surface area contributed by atoms with Gasteiger partial charge in [-0.3, -0.25) is 9.36 Å². The first kappa shape index (κ1) is 28.7. The van der Waals surface area contributed by atoms with Crippen molar-refractivity contribution >= 4 is 40.3 Å². The van der Waals surface area contributed by atoms with Gasteiger partial charge in [-0.25, -0.2) is 0 Å². The van der Waals surface area contributed by atoms with Crippen LogP contribution in [0.25, 0.3) is 21.8 Å². The minimum absolute atomic E-state index is 0.00272. The maximum Gasteiger partial charge on any atom is 0.497 e. The van der Waals surface area contributed by atoms with Gasteiger partial charge < -0.3 is 9.31 Å². The van der Waals surface area contributed by atoms with Gasteiger partial charge >= 0.3 is 7.12 Å². The molecule has 1 aliphatic heterocycles. The van der Waals surface area contributed by atoms with Crippen LogP contribution in [0.3, 0.4) is 0 Å². The molecule has 4 aliphatic carbocycles. The van der Waals surface area contributed by atoms with Crippen molar-refractivity contribution in [3.63, 3.8) is 0 Å². The number of hydrogen-bond acceptors (Lipinski definition) is 3. The topological polar surface area (TPSA) is 40.5 Å². The first-order valence-electron chi connectivity index (χ1n) is 16.4. The van der Waals surface area contributed by atoms with E-state index < -0.39 is 18.3 Å². The Bertz CT molecular complexity index is 1560. The van der Waals surface area contributed by atoms with Gasteiger partial charge in [-0.1, -0.05) is 53.7 Å². The molecule has 5 aliphatic rings. The molecule has 0 amide bonds. The fourth-order valence-electron chi connectivity index (χ4n) is 9.05. The molecule has 5 fully saturated rings. The van der Waals surface area contributed by atoms with E-state index in [9.17, 15) is 0 Å². The molecule has 4 bridgehead atoms. The average molecular weight is 568 g/mol. The van der Waals surface area contributed by atoms with Gasteiger partial charge in [0.15, 0.2) is 0 Å². The Hall–Kier alpha value is -2.11. The van der Waals surface area contributed by atoms with Gasteiger partial charge in [-0.15, -0.1) is 0 Å². The number of fused-ring (bicyclic) bond motifs is 3. The van der Waals surface area contributed by atoms with Crippen molar-refractivity contribution in [1.82, 2.24) is 4.57 Å². The zero-order valence-corrected chi connectivity index (χ0v) is 27.6. The Morgan fingerprint density at radius 2 is 1.26 bits per heavy atom. The van der Waals surface area contributed by atoms with E-state index in [0.29, 0.717) is 23.7 Å². The van der Waals surface area contributed by atoms with Gasteiger partial charge in [0.05, 0.1) is 27.7 Å². The zero-order chi connectivity index (χ0) is 30.2. The van der Waals surface area contributed by atoms with E-state index in [1.165, 1.54) is 35.8 Å². The highest BCUT2D eigenvalue weighted by molar-refractivity contribution is 6.65. The quantitative estimate of drug-likeness (QED) is 0.292. The molecule has 1 saturated heterocycles. The summed E-state index contributed by atoms with van der Waals surface area (Å²) in [6, 6.07) is 11.4. The molecule has 2 heterocycles. The number of aromatic nitrogens is 1. The van der Waals surface area contributed by atoms with Crippen molar-refractivity contribution in [1.29, 1.82) is 0 Å². The van der Waals surface area contributed by atoms with Crippen molar-refractivity contribution < 1.29 is 14.1 Å². The van der Waals surface area contributed by atoms with Gasteiger partial charge in [0.1, 0.15) is 0 Å². The lowest BCUT2D eigenvalue weighted by atomic mass is 9.49. The van der Waals surface area contributed by atoms with Crippen molar-refractivity contribution in [2.75, 3.05) is 0 Å². The molecule has 0 spiro atoms. The standard InChI is InChI=1S/C37H50BNO3/c1-33(2,3)25-11-12-30-27(16-25)28-17-26(34(4,5)6)18-29(38-41-35(7,8)36(9,10)42-38)31(28)39(30)32(40)37-19-22-13-23(20-37)15-24(14-22)21-37/h11-12,16-18,22-24H,13-15,19-21H2,1-10H3. The molecule has 42 heavy (non-hydrogen) atoms. The Morgan fingerprint density at radius 1 is 0.762 bits per heavy atom. The molecule has 2 aromatic carbocycles. The summed E-state index contributed by atoms with van der Waals surface area (Å²) in [6.07, 6.45) is 7.11. The van der Waals surface area contributed by atoms with Gasteiger partial charge in [0.2, 0.25) is 5.91 Å². The number of nitrogens with zero attached hydrogens (tertiary/aromatic N) is 1. The lowest BCUT2D eigenvalue weighted by Crippen LogP contribution is -2.51. The molecule has 0 radical (unpaired) electrons. The lowest BCUT2D eigenvalue weighted by molar-refractivity contribution is -0.0395. The van der Waals surface area contributed by atoms with E-state index in [1.54, 1.807) is 0 Å². The first-order valence-corrected chi connectivity index (χ1v) is 16.4. The summed E-state index contributed by atoms with van der Waals surface area (Å²) in [5, 5.41) is 2.31. The zero-order valence-electron chi connectivity index (χ0n) is 27.6. The summed E-state index contributed by atoms with van der Waals surface area (Å²) in [5.41, 5.74) is 4.26. The van der Waals surface area contributed by atoms with Crippen LogP contribution in [0.2, 0.25) is 0 Å². The third-order valence-corrected chi connectivity index (χ3v) is 11.8. The molecule has 0 unspecified atom stereocenters. The smallest absolute Gasteiger partial charge is 0.399 e. The Labute approximate surface area is 253 Å². The summed E-state index contributed by atoms with van der Waals surface area (Å²) in [7, 11) is -0.547. The lowest BCUT2D eigenvalue weighted by Gasteiger charge is -2.55. The summed E-state index contributed by atoms with van der Waals surface area (Å²) in [6.45, 7) is 22.1. The third kappa shape index (κ3) is 4.19. The largest absolute Gasteiger partial charge is 0.497 e. The van der Waals surface area contributed by atoms with Crippen LogP contribution in [-0.4, -0.2) is 28.8 Å². The predicted octanol–water partition coefficient (Wildman–Crippen LogP) is 8.55. The van der Waals surface area contributed by atoms with E-state index in [4.69, 9.17) is 9.31 Å². The highest BCUT2D eigenvalue weighted by Gasteiger charge is 2.56. The number of benzene rings is 2. The maximum atomic E-state index is 15.3. The molecule has 5 heteroatoms. The molecular formula is C37H50BNO3. The molecule has 224 valence electrons. The summed E-state index contributed by atoms with van der Waals surface area (Å²) >= 11 is 0. The maximum absolute atomic E-state index is 15.3. The van der Waals surface area contributed by atoms with Gasteiger partial charge in [-0.05, 0) is 124 Å². The van der Waals surface area contributed by atoms with Gasteiger partial charge in [-0.2, -0.15) is 0 Å².